The van der Waals surface area contributed by atoms with E-state index in [1.807, 2.05) is 19.1 Å². The van der Waals surface area contributed by atoms with E-state index in [9.17, 15) is 9.18 Å². The van der Waals surface area contributed by atoms with Gasteiger partial charge in [-0.3, -0.25) is 4.79 Å². The maximum absolute atomic E-state index is 12.9. The molecule has 2 aromatic carbocycles. The summed E-state index contributed by atoms with van der Waals surface area (Å²) < 4.78 is 12.9. The summed E-state index contributed by atoms with van der Waals surface area (Å²) in [5.74, 6) is -0.315. The van der Waals surface area contributed by atoms with Crippen LogP contribution in [0.2, 0.25) is 0 Å². The van der Waals surface area contributed by atoms with E-state index in [4.69, 9.17) is 0 Å². The van der Waals surface area contributed by atoms with E-state index in [0.717, 1.165) is 11.1 Å². The van der Waals surface area contributed by atoms with Crippen molar-refractivity contribution in [3.63, 3.8) is 0 Å². The third kappa shape index (κ3) is 4.13. The Morgan fingerprint density at radius 2 is 1.71 bits per heavy atom. The van der Waals surface area contributed by atoms with Crippen molar-refractivity contribution in [3.8, 4) is 0 Å². The summed E-state index contributed by atoms with van der Waals surface area (Å²) in [5.41, 5.74) is 2.78. The molecule has 0 bridgehead atoms. The Hall–Kier alpha value is -2.20. The van der Waals surface area contributed by atoms with Crippen LogP contribution in [0.1, 0.15) is 34.5 Å². The number of carbonyl (C=O) groups is 1. The first-order valence-electron chi connectivity index (χ1n) is 6.90. The van der Waals surface area contributed by atoms with E-state index in [2.05, 4.69) is 10.6 Å². The maximum Gasteiger partial charge on any atom is 0.251 e. The van der Waals surface area contributed by atoms with E-state index < -0.39 is 0 Å². The Morgan fingerprint density at radius 3 is 2.29 bits per heavy atom. The highest BCUT2D eigenvalue weighted by Gasteiger charge is 2.06. The van der Waals surface area contributed by atoms with Crippen LogP contribution >= 0.6 is 0 Å². The van der Waals surface area contributed by atoms with Gasteiger partial charge in [0.25, 0.3) is 5.91 Å². The van der Waals surface area contributed by atoms with Crippen molar-refractivity contribution < 1.29 is 9.18 Å². The average Bonchev–Trinajstić information content (AvgIpc) is 2.53. The first-order chi connectivity index (χ1) is 10.1. The van der Waals surface area contributed by atoms with Gasteiger partial charge in [0.15, 0.2) is 0 Å². The van der Waals surface area contributed by atoms with Crippen molar-refractivity contribution in [1.29, 1.82) is 0 Å². The van der Waals surface area contributed by atoms with Crippen molar-refractivity contribution in [2.24, 2.45) is 0 Å². The Kier molecular flexibility index (Phi) is 5.06. The highest BCUT2D eigenvalue weighted by Crippen LogP contribution is 2.14. The molecule has 2 aromatic rings. The molecule has 1 atom stereocenters. The van der Waals surface area contributed by atoms with Gasteiger partial charge in [0.2, 0.25) is 0 Å². The van der Waals surface area contributed by atoms with Gasteiger partial charge in [-0.2, -0.15) is 0 Å². The molecular formula is C17H19FN2O. The summed E-state index contributed by atoms with van der Waals surface area (Å²) in [5, 5.41) is 5.97. The van der Waals surface area contributed by atoms with Gasteiger partial charge in [0.1, 0.15) is 5.82 Å². The fourth-order valence-electron chi connectivity index (χ4n) is 2.06. The van der Waals surface area contributed by atoms with Crippen LogP contribution in [0.5, 0.6) is 0 Å². The van der Waals surface area contributed by atoms with Gasteiger partial charge < -0.3 is 10.6 Å². The lowest BCUT2D eigenvalue weighted by molar-refractivity contribution is 0.0963. The Morgan fingerprint density at radius 1 is 1.10 bits per heavy atom. The minimum Gasteiger partial charge on any atom is -0.355 e. The number of benzene rings is 2. The Bertz CT molecular complexity index is 593. The molecule has 110 valence electrons. The normalized spacial score (nSPS) is 12.0. The third-order valence-corrected chi connectivity index (χ3v) is 3.43. The summed E-state index contributed by atoms with van der Waals surface area (Å²) in [6.07, 6.45) is 0. The Balaban J connectivity index is 1.93. The molecule has 0 unspecified atom stereocenters. The molecule has 0 radical (unpaired) electrons. The molecule has 0 aromatic heterocycles. The molecule has 4 heteroatoms. The van der Waals surface area contributed by atoms with Crippen molar-refractivity contribution in [2.75, 3.05) is 7.05 Å². The zero-order chi connectivity index (χ0) is 15.2. The van der Waals surface area contributed by atoms with Crippen LogP contribution < -0.4 is 10.6 Å². The molecule has 0 aliphatic carbocycles. The minimum atomic E-state index is -0.226. The molecule has 0 spiro atoms. The number of nitrogens with one attached hydrogen (secondary N) is 2. The largest absolute Gasteiger partial charge is 0.355 e. The lowest BCUT2D eigenvalue weighted by Gasteiger charge is -2.14. The molecule has 0 fully saturated rings. The fourth-order valence-corrected chi connectivity index (χ4v) is 2.06. The summed E-state index contributed by atoms with van der Waals surface area (Å²) in [4.78, 5) is 11.4. The van der Waals surface area contributed by atoms with Crippen molar-refractivity contribution >= 4 is 5.91 Å². The number of hydrogen-bond donors (Lipinski definition) is 2. The van der Waals surface area contributed by atoms with Gasteiger partial charge in [0, 0.05) is 25.2 Å². The predicted molar refractivity (Wildman–Crippen MR) is 81.5 cm³/mol. The van der Waals surface area contributed by atoms with Crippen LogP contribution in [0.25, 0.3) is 0 Å². The minimum absolute atomic E-state index is 0.0887. The highest BCUT2D eigenvalue weighted by atomic mass is 19.1. The maximum atomic E-state index is 12.9. The van der Waals surface area contributed by atoms with E-state index >= 15 is 0 Å². The first-order valence-corrected chi connectivity index (χ1v) is 6.90. The molecular weight excluding hydrogens is 267 g/mol. The SMILES string of the molecule is CNC(=O)c1ccc(CN[C@H](C)c2ccc(F)cc2)cc1. The number of carbonyl (C=O) groups excluding carboxylic acids is 1. The topological polar surface area (TPSA) is 41.1 Å². The zero-order valence-corrected chi connectivity index (χ0v) is 12.2. The predicted octanol–water partition coefficient (Wildman–Crippen LogP) is 3.04. The van der Waals surface area contributed by atoms with Crippen LogP contribution in [0.15, 0.2) is 48.5 Å². The van der Waals surface area contributed by atoms with Crippen LogP contribution in [0.3, 0.4) is 0 Å². The molecule has 0 aliphatic rings. The van der Waals surface area contributed by atoms with E-state index in [-0.39, 0.29) is 17.8 Å². The molecule has 0 saturated carbocycles. The summed E-state index contributed by atoms with van der Waals surface area (Å²) in [6, 6.07) is 14.1. The van der Waals surface area contributed by atoms with Crippen LogP contribution in [-0.2, 0) is 6.54 Å². The van der Waals surface area contributed by atoms with Gasteiger partial charge in [-0.05, 0) is 42.3 Å². The van der Waals surface area contributed by atoms with E-state index in [0.29, 0.717) is 12.1 Å². The average molecular weight is 286 g/mol. The summed E-state index contributed by atoms with van der Waals surface area (Å²) in [6.45, 7) is 2.72. The summed E-state index contributed by atoms with van der Waals surface area (Å²) in [7, 11) is 1.61. The number of halogens is 1. The van der Waals surface area contributed by atoms with Crippen LogP contribution in [0.4, 0.5) is 4.39 Å². The van der Waals surface area contributed by atoms with Gasteiger partial charge in [-0.25, -0.2) is 4.39 Å². The molecule has 2 rings (SSSR count). The number of rotatable bonds is 5. The molecule has 1 amide bonds. The molecule has 0 aliphatic heterocycles. The second kappa shape index (κ2) is 6.99. The lowest BCUT2D eigenvalue weighted by Crippen LogP contribution is -2.19. The van der Waals surface area contributed by atoms with Gasteiger partial charge >= 0.3 is 0 Å². The second-order valence-corrected chi connectivity index (χ2v) is 4.93. The third-order valence-electron chi connectivity index (χ3n) is 3.43. The quantitative estimate of drug-likeness (QED) is 0.887. The number of hydrogen-bond acceptors (Lipinski definition) is 2. The molecule has 0 heterocycles. The van der Waals surface area contributed by atoms with Crippen molar-refractivity contribution in [3.05, 3.63) is 71.0 Å². The van der Waals surface area contributed by atoms with Crippen molar-refractivity contribution in [2.45, 2.75) is 19.5 Å². The first kappa shape index (κ1) is 15.2. The smallest absolute Gasteiger partial charge is 0.251 e. The fraction of sp³-hybridized carbons (Fsp3) is 0.235. The van der Waals surface area contributed by atoms with Gasteiger partial charge in [-0.15, -0.1) is 0 Å². The molecule has 21 heavy (non-hydrogen) atoms. The van der Waals surface area contributed by atoms with Gasteiger partial charge in [-0.1, -0.05) is 24.3 Å². The Labute approximate surface area is 124 Å². The van der Waals surface area contributed by atoms with E-state index in [1.165, 1.54) is 12.1 Å². The van der Waals surface area contributed by atoms with Crippen LogP contribution in [0, 0.1) is 5.82 Å². The highest BCUT2D eigenvalue weighted by molar-refractivity contribution is 5.93. The monoisotopic (exact) mass is 286 g/mol. The standard InChI is InChI=1S/C17H19FN2O/c1-12(14-7-9-16(18)10-8-14)20-11-13-3-5-15(6-4-13)17(21)19-2/h3-10,12,20H,11H2,1-2H3,(H,19,21)/t12-/m1/s1. The van der Waals surface area contributed by atoms with Crippen molar-refractivity contribution in [1.82, 2.24) is 10.6 Å². The summed E-state index contributed by atoms with van der Waals surface area (Å²) >= 11 is 0. The number of amides is 1. The molecule has 0 saturated heterocycles. The molecule has 3 nitrogen and oxygen atoms in total. The van der Waals surface area contributed by atoms with Crippen LogP contribution in [-0.4, -0.2) is 13.0 Å². The lowest BCUT2D eigenvalue weighted by atomic mass is 10.1. The second-order valence-electron chi connectivity index (χ2n) is 4.93. The van der Waals surface area contributed by atoms with Gasteiger partial charge in [0.05, 0.1) is 0 Å². The molecule has 2 N–H and O–H groups in total. The van der Waals surface area contributed by atoms with E-state index in [1.54, 1.807) is 31.3 Å². The zero-order valence-electron chi connectivity index (χ0n) is 12.2.